The first-order valence-electron chi connectivity index (χ1n) is 12.5. The molecule has 0 aliphatic carbocycles. The summed E-state index contributed by atoms with van der Waals surface area (Å²) in [6.07, 6.45) is 6.82. The van der Waals surface area contributed by atoms with Crippen LogP contribution < -0.4 is 4.74 Å². The van der Waals surface area contributed by atoms with E-state index in [2.05, 4.69) is 41.1 Å². The number of carbonyl (C=O) groups excluding carboxylic acids is 1. The van der Waals surface area contributed by atoms with Gasteiger partial charge in [-0.1, -0.05) is 48.0 Å². The number of amides is 1. The van der Waals surface area contributed by atoms with E-state index >= 15 is 0 Å². The first-order chi connectivity index (χ1) is 17.0. The lowest BCUT2D eigenvalue weighted by Gasteiger charge is -2.42. The molecule has 2 fully saturated rings. The van der Waals surface area contributed by atoms with Crippen molar-refractivity contribution < 1.29 is 14.3 Å². The number of hydrogen-bond acceptors (Lipinski definition) is 5. The van der Waals surface area contributed by atoms with E-state index in [1.165, 1.54) is 5.56 Å². The van der Waals surface area contributed by atoms with Gasteiger partial charge in [-0.05, 0) is 56.7 Å². The molecule has 0 spiro atoms. The largest absolute Gasteiger partial charge is 0.437 e. The number of aryl methyl sites for hydroxylation is 2. The van der Waals surface area contributed by atoms with Gasteiger partial charge in [0.25, 0.3) is 0 Å². The third kappa shape index (κ3) is 4.94. The van der Waals surface area contributed by atoms with Crippen molar-refractivity contribution in [1.82, 2.24) is 14.9 Å². The van der Waals surface area contributed by atoms with Crippen LogP contribution in [0.5, 0.6) is 11.6 Å². The van der Waals surface area contributed by atoms with Gasteiger partial charge in [0, 0.05) is 38.4 Å². The highest BCUT2D eigenvalue weighted by molar-refractivity contribution is 5.88. The molecule has 0 radical (unpaired) electrons. The van der Waals surface area contributed by atoms with E-state index in [-0.39, 0.29) is 11.8 Å². The number of para-hydroxylation sites is 1. The summed E-state index contributed by atoms with van der Waals surface area (Å²) in [4.78, 5) is 25.3. The van der Waals surface area contributed by atoms with E-state index in [1.54, 1.807) is 6.20 Å². The second-order valence-corrected chi connectivity index (χ2v) is 9.80. The Hall–Kier alpha value is -3.25. The minimum absolute atomic E-state index is 0.135. The van der Waals surface area contributed by atoms with Crippen molar-refractivity contribution in [3.8, 4) is 11.6 Å². The summed E-state index contributed by atoms with van der Waals surface area (Å²) < 4.78 is 11.7. The van der Waals surface area contributed by atoms with Crippen molar-refractivity contribution in [3.63, 3.8) is 0 Å². The Morgan fingerprint density at radius 2 is 1.83 bits per heavy atom. The topological polar surface area (TPSA) is 64.6 Å². The Kier molecular flexibility index (Phi) is 6.82. The molecule has 3 aromatic rings. The van der Waals surface area contributed by atoms with E-state index in [0.29, 0.717) is 25.6 Å². The molecule has 0 saturated carbocycles. The van der Waals surface area contributed by atoms with Gasteiger partial charge in [-0.3, -0.25) is 9.78 Å². The molecule has 1 aromatic heterocycles. The lowest BCUT2D eigenvalue weighted by molar-refractivity contribution is -0.142. The van der Waals surface area contributed by atoms with Crippen LogP contribution in [0.4, 0.5) is 0 Å². The Balaban J connectivity index is 1.36. The summed E-state index contributed by atoms with van der Waals surface area (Å²) in [5.41, 5.74) is 3.71. The Morgan fingerprint density at radius 3 is 2.60 bits per heavy atom. The van der Waals surface area contributed by atoms with Crippen molar-refractivity contribution in [2.45, 2.75) is 50.9 Å². The van der Waals surface area contributed by atoms with Crippen LogP contribution in [0.15, 0.2) is 60.9 Å². The van der Waals surface area contributed by atoms with Crippen LogP contribution in [-0.4, -0.2) is 47.1 Å². The van der Waals surface area contributed by atoms with Crippen LogP contribution in [0, 0.1) is 13.8 Å². The number of rotatable bonds is 5. The molecule has 182 valence electrons. The molecule has 0 N–H and O–H groups in total. The molecule has 2 saturated heterocycles. The summed E-state index contributed by atoms with van der Waals surface area (Å²) in [6, 6.07) is 16.3. The minimum Gasteiger partial charge on any atom is -0.437 e. The Bertz CT molecular complexity index is 1170. The maximum absolute atomic E-state index is 14.1. The highest BCUT2D eigenvalue weighted by Gasteiger charge is 2.45. The van der Waals surface area contributed by atoms with Crippen molar-refractivity contribution in [3.05, 3.63) is 83.3 Å². The van der Waals surface area contributed by atoms with Gasteiger partial charge in [-0.2, -0.15) is 0 Å². The van der Waals surface area contributed by atoms with Crippen LogP contribution in [0.1, 0.15) is 54.0 Å². The molecule has 6 heteroatoms. The summed E-state index contributed by atoms with van der Waals surface area (Å²) in [5.74, 6) is 1.62. The monoisotopic (exact) mass is 471 g/mol. The molecule has 0 bridgehead atoms. The van der Waals surface area contributed by atoms with Gasteiger partial charge < -0.3 is 14.4 Å². The number of piperidine rings is 1. The van der Waals surface area contributed by atoms with Gasteiger partial charge in [-0.15, -0.1) is 0 Å². The predicted octanol–water partition coefficient (Wildman–Crippen LogP) is 5.34. The quantitative estimate of drug-likeness (QED) is 0.503. The third-order valence-electron chi connectivity index (χ3n) is 7.43. The van der Waals surface area contributed by atoms with Crippen LogP contribution in [0.2, 0.25) is 0 Å². The number of benzene rings is 2. The molecule has 2 aliphatic heterocycles. The van der Waals surface area contributed by atoms with Gasteiger partial charge >= 0.3 is 0 Å². The van der Waals surface area contributed by atoms with Gasteiger partial charge in [-0.25, -0.2) is 4.98 Å². The fourth-order valence-corrected chi connectivity index (χ4v) is 5.32. The number of carbonyl (C=O) groups is 1. The van der Waals surface area contributed by atoms with E-state index in [0.717, 1.165) is 54.8 Å². The first-order valence-corrected chi connectivity index (χ1v) is 12.5. The zero-order valence-electron chi connectivity index (χ0n) is 20.6. The molecule has 1 atom stereocenters. The molecular formula is C29H33N3O3. The average Bonchev–Trinajstić information content (AvgIpc) is 2.91. The van der Waals surface area contributed by atoms with Crippen LogP contribution in [0.25, 0.3) is 0 Å². The lowest BCUT2D eigenvalue weighted by Crippen LogP contribution is -2.52. The maximum atomic E-state index is 14.1. The molecule has 1 unspecified atom stereocenters. The molecular weight excluding hydrogens is 438 g/mol. The van der Waals surface area contributed by atoms with Gasteiger partial charge in [0.15, 0.2) is 0 Å². The number of likely N-dealkylation sites (tertiary alicyclic amines) is 1. The average molecular weight is 472 g/mol. The summed E-state index contributed by atoms with van der Waals surface area (Å²) in [7, 11) is 0. The summed E-state index contributed by atoms with van der Waals surface area (Å²) >= 11 is 0. The lowest BCUT2D eigenvalue weighted by atomic mass is 9.72. The summed E-state index contributed by atoms with van der Waals surface area (Å²) in [5, 5.41) is 0. The number of aromatic nitrogens is 2. The maximum Gasteiger partial charge on any atom is 0.238 e. The molecule has 5 rings (SSSR count). The van der Waals surface area contributed by atoms with Gasteiger partial charge in [0.1, 0.15) is 5.75 Å². The predicted molar refractivity (Wildman–Crippen MR) is 135 cm³/mol. The zero-order chi connectivity index (χ0) is 24.3. The van der Waals surface area contributed by atoms with Crippen molar-refractivity contribution >= 4 is 5.91 Å². The van der Waals surface area contributed by atoms with Crippen LogP contribution in [0.3, 0.4) is 0 Å². The third-order valence-corrected chi connectivity index (χ3v) is 7.43. The van der Waals surface area contributed by atoms with Crippen molar-refractivity contribution in [2.75, 3.05) is 26.3 Å². The van der Waals surface area contributed by atoms with Crippen molar-refractivity contribution in [2.24, 2.45) is 0 Å². The van der Waals surface area contributed by atoms with E-state index in [1.807, 2.05) is 37.4 Å². The molecule has 35 heavy (non-hydrogen) atoms. The fourth-order valence-electron chi connectivity index (χ4n) is 5.32. The highest BCUT2D eigenvalue weighted by atomic mass is 16.5. The van der Waals surface area contributed by atoms with E-state index < -0.39 is 5.41 Å². The Morgan fingerprint density at radius 1 is 1.06 bits per heavy atom. The normalized spacial score (nSPS) is 19.8. The molecule has 1 amide bonds. The molecule has 3 heterocycles. The fraction of sp³-hybridized carbons (Fsp3) is 0.414. The zero-order valence-corrected chi connectivity index (χ0v) is 20.6. The molecule has 2 aromatic carbocycles. The summed E-state index contributed by atoms with van der Waals surface area (Å²) in [6.45, 7) is 6.74. The van der Waals surface area contributed by atoms with Gasteiger partial charge in [0.05, 0.1) is 17.3 Å². The Labute approximate surface area is 207 Å². The smallest absolute Gasteiger partial charge is 0.238 e. The molecule has 6 nitrogen and oxygen atoms in total. The van der Waals surface area contributed by atoms with Gasteiger partial charge in [0.2, 0.25) is 11.8 Å². The highest BCUT2D eigenvalue weighted by Crippen LogP contribution is 2.39. The van der Waals surface area contributed by atoms with Crippen LogP contribution in [-0.2, 0) is 14.9 Å². The van der Waals surface area contributed by atoms with Crippen LogP contribution >= 0.6 is 0 Å². The SMILES string of the molecule is Cc1ccc(C2(C(=O)N3CCCC(c4cncc(Oc5ccccc5C)n4)C3)CCOCC2)cc1. The van der Waals surface area contributed by atoms with E-state index in [4.69, 9.17) is 14.5 Å². The second-order valence-electron chi connectivity index (χ2n) is 9.80. The second kappa shape index (κ2) is 10.2. The number of hydrogen-bond donors (Lipinski definition) is 0. The first kappa shape index (κ1) is 23.5. The molecule has 2 aliphatic rings. The van der Waals surface area contributed by atoms with Crippen molar-refractivity contribution in [1.29, 1.82) is 0 Å². The van der Waals surface area contributed by atoms with E-state index in [9.17, 15) is 4.79 Å². The number of ether oxygens (including phenoxy) is 2. The standard InChI is InChI=1S/C29H33N3O3/c1-21-9-11-24(12-10-21)29(13-16-34-17-14-29)28(33)32-15-5-7-23(20-32)25-18-30-19-27(31-25)35-26-8-4-3-6-22(26)2/h3-4,6,8-12,18-19,23H,5,7,13-17,20H2,1-2H3. The number of nitrogens with zero attached hydrogens (tertiary/aromatic N) is 3. The minimum atomic E-state index is -0.519.